The molecule has 0 atom stereocenters. The molecule has 4 aliphatic carbocycles. The number of hydrogen-bond acceptors (Lipinski definition) is 5. The maximum atomic E-state index is 13.1. The fourth-order valence-electron chi connectivity index (χ4n) is 5.87. The Bertz CT molecular complexity index is 731. The first-order valence-corrected chi connectivity index (χ1v) is 9.91. The molecule has 3 N–H and O–H groups in total. The molecule has 1 aromatic rings. The van der Waals surface area contributed by atoms with Crippen LogP contribution in [-0.2, 0) is 4.79 Å². The van der Waals surface area contributed by atoms with Crippen LogP contribution in [0.4, 0.5) is 0 Å². The van der Waals surface area contributed by atoms with E-state index in [1.807, 2.05) is 0 Å². The molecule has 0 aromatic heterocycles. The molecule has 0 radical (unpaired) electrons. The molecule has 7 nitrogen and oxygen atoms in total. The van der Waals surface area contributed by atoms with Gasteiger partial charge >= 0.3 is 0 Å². The second kappa shape index (κ2) is 7.18. The van der Waals surface area contributed by atoms with Gasteiger partial charge in [0.15, 0.2) is 18.1 Å². The minimum absolute atomic E-state index is 0.0759. The molecule has 4 bridgehead atoms. The highest BCUT2D eigenvalue weighted by Crippen LogP contribution is 2.55. The third-order valence-electron chi connectivity index (χ3n) is 6.50. The van der Waals surface area contributed by atoms with E-state index in [0.29, 0.717) is 17.1 Å². The van der Waals surface area contributed by atoms with Crippen LogP contribution in [0.1, 0.15) is 48.9 Å². The fraction of sp³-hybridized carbons (Fsp3) is 0.619. The van der Waals surface area contributed by atoms with Crippen LogP contribution >= 0.6 is 0 Å². The van der Waals surface area contributed by atoms with Crippen molar-refractivity contribution in [3.63, 3.8) is 0 Å². The molecular weight excluding hydrogens is 360 g/mol. The van der Waals surface area contributed by atoms with Crippen molar-refractivity contribution >= 4 is 11.8 Å². The lowest BCUT2D eigenvalue weighted by molar-refractivity contribution is -0.120. The first kappa shape index (κ1) is 18.9. The average Bonchev–Trinajstić information content (AvgIpc) is 2.63. The Morgan fingerprint density at radius 2 is 1.54 bits per heavy atom. The molecule has 5 rings (SSSR count). The van der Waals surface area contributed by atoms with Gasteiger partial charge in [0.25, 0.3) is 11.8 Å². The normalized spacial score (nSPS) is 30.0. The quantitative estimate of drug-likeness (QED) is 0.746. The average molecular weight is 388 g/mol. The standard InChI is InChI=1S/C21H28N2O5/c1-26-16-6-15(7-17(27-2)19(16)28-11-18(22)24)20(25)23-21-8-12-3-13(9-21)5-14(4-12)10-21/h6-7,12-14H,3-5,8-11H2,1-2H3,(H2,22,24)(H,23,25). The number of primary amides is 1. The molecule has 2 amide bonds. The molecule has 4 aliphatic rings. The monoisotopic (exact) mass is 388 g/mol. The highest BCUT2D eigenvalue weighted by Gasteiger charge is 2.51. The van der Waals surface area contributed by atoms with E-state index in [2.05, 4.69) is 5.32 Å². The lowest BCUT2D eigenvalue weighted by Crippen LogP contribution is -2.59. The van der Waals surface area contributed by atoms with Gasteiger partial charge in [0.2, 0.25) is 5.75 Å². The summed E-state index contributed by atoms with van der Waals surface area (Å²) in [6.07, 6.45) is 7.21. The van der Waals surface area contributed by atoms with E-state index >= 15 is 0 Å². The molecule has 1 aromatic carbocycles. The van der Waals surface area contributed by atoms with Crippen LogP contribution in [0.5, 0.6) is 17.2 Å². The lowest BCUT2D eigenvalue weighted by Gasteiger charge is -2.56. The van der Waals surface area contributed by atoms with E-state index in [1.165, 1.54) is 33.5 Å². The summed E-state index contributed by atoms with van der Waals surface area (Å²) in [4.78, 5) is 24.2. The third-order valence-corrected chi connectivity index (χ3v) is 6.50. The minimum Gasteiger partial charge on any atom is -0.493 e. The topological polar surface area (TPSA) is 99.9 Å². The molecule has 0 saturated heterocycles. The Morgan fingerprint density at radius 1 is 1.04 bits per heavy atom. The number of amides is 2. The van der Waals surface area contributed by atoms with Gasteiger partial charge in [-0.05, 0) is 68.4 Å². The summed E-state index contributed by atoms with van der Waals surface area (Å²) >= 11 is 0. The number of carbonyl (C=O) groups excluding carboxylic acids is 2. The minimum atomic E-state index is -0.604. The molecule has 28 heavy (non-hydrogen) atoms. The predicted octanol–water partition coefficient (Wildman–Crippen LogP) is 2.27. The summed E-state index contributed by atoms with van der Waals surface area (Å²) in [6, 6.07) is 3.24. The lowest BCUT2D eigenvalue weighted by atomic mass is 9.53. The number of rotatable bonds is 7. The second-order valence-electron chi connectivity index (χ2n) is 8.62. The van der Waals surface area contributed by atoms with Crippen LogP contribution < -0.4 is 25.3 Å². The van der Waals surface area contributed by atoms with Crippen molar-refractivity contribution in [1.29, 1.82) is 0 Å². The molecular formula is C21H28N2O5. The van der Waals surface area contributed by atoms with Crippen molar-refractivity contribution in [1.82, 2.24) is 5.32 Å². The van der Waals surface area contributed by atoms with Gasteiger partial charge in [-0.15, -0.1) is 0 Å². The molecule has 0 spiro atoms. The first-order chi connectivity index (χ1) is 13.4. The number of carbonyl (C=O) groups is 2. The van der Waals surface area contributed by atoms with Crippen LogP contribution in [0.2, 0.25) is 0 Å². The Balaban J connectivity index is 1.56. The highest BCUT2D eigenvalue weighted by molar-refractivity contribution is 5.96. The van der Waals surface area contributed by atoms with Gasteiger partial charge in [0.1, 0.15) is 0 Å². The Hall–Kier alpha value is -2.44. The molecule has 0 aliphatic heterocycles. The zero-order valence-electron chi connectivity index (χ0n) is 16.5. The molecule has 4 fully saturated rings. The van der Waals surface area contributed by atoms with Crippen molar-refractivity contribution in [2.75, 3.05) is 20.8 Å². The number of hydrogen-bond donors (Lipinski definition) is 2. The Kier molecular flexibility index (Phi) is 4.85. The van der Waals surface area contributed by atoms with Gasteiger partial charge in [-0.1, -0.05) is 0 Å². The van der Waals surface area contributed by atoms with Gasteiger partial charge in [0, 0.05) is 11.1 Å². The van der Waals surface area contributed by atoms with Gasteiger partial charge in [-0.2, -0.15) is 0 Å². The SMILES string of the molecule is COc1cc(C(=O)NC23CC4CC(CC(C4)C2)C3)cc(OC)c1OCC(N)=O. The predicted molar refractivity (Wildman–Crippen MR) is 103 cm³/mol. The van der Waals surface area contributed by atoms with Crippen molar-refractivity contribution in [3.8, 4) is 17.2 Å². The van der Waals surface area contributed by atoms with E-state index in [1.54, 1.807) is 12.1 Å². The summed E-state index contributed by atoms with van der Waals surface area (Å²) in [6.45, 7) is -0.300. The molecule has 152 valence electrons. The number of methoxy groups -OCH3 is 2. The van der Waals surface area contributed by atoms with Crippen LogP contribution in [0, 0.1) is 17.8 Å². The Morgan fingerprint density at radius 3 is 1.96 bits per heavy atom. The molecule has 7 heteroatoms. The van der Waals surface area contributed by atoms with Crippen LogP contribution in [0.3, 0.4) is 0 Å². The van der Waals surface area contributed by atoms with E-state index in [4.69, 9.17) is 19.9 Å². The van der Waals surface area contributed by atoms with Crippen LogP contribution in [0.25, 0.3) is 0 Å². The largest absolute Gasteiger partial charge is 0.493 e. The summed E-state index contributed by atoms with van der Waals surface area (Å²) in [5.41, 5.74) is 5.54. The number of nitrogens with one attached hydrogen (secondary N) is 1. The van der Waals surface area contributed by atoms with Gasteiger partial charge < -0.3 is 25.3 Å². The summed E-state index contributed by atoms with van der Waals surface area (Å²) < 4.78 is 16.2. The third kappa shape index (κ3) is 3.50. The van der Waals surface area contributed by atoms with E-state index in [0.717, 1.165) is 37.0 Å². The second-order valence-corrected chi connectivity index (χ2v) is 8.62. The summed E-state index contributed by atoms with van der Waals surface area (Å²) in [7, 11) is 2.96. The van der Waals surface area contributed by atoms with Crippen molar-refractivity contribution < 1.29 is 23.8 Å². The smallest absolute Gasteiger partial charge is 0.255 e. The van der Waals surface area contributed by atoms with Crippen LogP contribution in [0.15, 0.2) is 12.1 Å². The fourth-order valence-corrected chi connectivity index (χ4v) is 5.87. The number of nitrogens with two attached hydrogens (primary N) is 1. The van der Waals surface area contributed by atoms with Crippen molar-refractivity contribution in [2.45, 2.75) is 44.1 Å². The number of ether oxygens (including phenoxy) is 3. The summed E-state index contributed by atoms with van der Waals surface area (Å²) in [5.74, 6) is 2.44. The zero-order valence-corrected chi connectivity index (χ0v) is 16.5. The highest BCUT2D eigenvalue weighted by atomic mass is 16.5. The molecule has 0 unspecified atom stereocenters. The van der Waals surface area contributed by atoms with Gasteiger partial charge in [0.05, 0.1) is 14.2 Å². The maximum absolute atomic E-state index is 13.1. The van der Waals surface area contributed by atoms with E-state index < -0.39 is 5.91 Å². The van der Waals surface area contributed by atoms with Gasteiger partial charge in [-0.3, -0.25) is 9.59 Å². The maximum Gasteiger partial charge on any atom is 0.255 e. The molecule has 4 saturated carbocycles. The van der Waals surface area contributed by atoms with E-state index in [-0.39, 0.29) is 23.8 Å². The summed E-state index contributed by atoms with van der Waals surface area (Å²) in [5, 5.41) is 3.35. The van der Waals surface area contributed by atoms with Crippen molar-refractivity contribution in [2.24, 2.45) is 23.5 Å². The zero-order chi connectivity index (χ0) is 19.9. The van der Waals surface area contributed by atoms with Crippen LogP contribution in [-0.4, -0.2) is 38.2 Å². The number of benzene rings is 1. The van der Waals surface area contributed by atoms with E-state index in [9.17, 15) is 9.59 Å². The molecule has 0 heterocycles. The van der Waals surface area contributed by atoms with Gasteiger partial charge in [-0.25, -0.2) is 0 Å². The Labute approximate surface area is 164 Å². The van der Waals surface area contributed by atoms with Crippen molar-refractivity contribution in [3.05, 3.63) is 17.7 Å². The first-order valence-electron chi connectivity index (χ1n) is 9.91.